The van der Waals surface area contributed by atoms with Crippen LogP contribution in [0.1, 0.15) is 37.4 Å². The molecule has 0 spiro atoms. The molecule has 1 unspecified atom stereocenters. The van der Waals surface area contributed by atoms with Crippen LogP contribution >= 0.6 is 34.5 Å². The zero-order valence-corrected chi connectivity index (χ0v) is 17.5. The Hall–Kier alpha value is -1.95. The van der Waals surface area contributed by atoms with Gasteiger partial charge in [-0.2, -0.15) is 0 Å². The molecule has 2 aromatic heterocycles. The second kappa shape index (κ2) is 7.97. The average Bonchev–Trinajstić information content (AvgIpc) is 3.15. The largest absolute Gasteiger partial charge is 0.346 e. The van der Waals surface area contributed by atoms with E-state index in [-0.39, 0.29) is 11.9 Å². The van der Waals surface area contributed by atoms with Crippen LogP contribution in [0.15, 0.2) is 48.1 Å². The highest BCUT2D eigenvalue weighted by Gasteiger charge is 2.31. The molecule has 0 saturated heterocycles. The predicted molar refractivity (Wildman–Crippen MR) is 111 cm³/mol. The molecule has 0 radical (unpaired) electrons. The third-order valence-corrected chi connectivity index (χ3v) is 6.17. The average molecular weight is 420 g/mol. The second-order valence-corrected chi connectivity index (χ2v) is 8.47. The predicted octanol–water partition coefficient (Wildman–Crippen LogP) is 5.67. The summed E-state index contributed by atoms with van der Waals surface area (Å²) < 4.78 is 0. The van der Waals surface area contributed by atoms with Crippen LogP contribution in [0.3, 0.4) is 0 Å². The number of benzene rings is 1. The quantitative estimate of drug-likeness (QED) is 0.579. The molecule has 1 amide bonds. The van der Waals surface area contributed by atoms with Crippen molar-refractivity contribution in [3.63, 3.8) is 0 Å². The molecule has 1 N–H and O–H groups in total. The lowest BCUT2D eigenvalue weighted by molar-refractivity contribution is -0.126. The van der Waals surface area contributed by atoms with Gasteiger partial charge in [-0.3, -0.25) is 9.78 Å². The maximum Gasteiger partial charge on any atom is 0.230 e. The molecule has 140 valence electrons. The van der Waals surface area contributed by atoms with E-state index in [4.69, 9.17) is 23.2 Å². The van der Waals surface area contributed by atoms with Gasteiger partial charge in [0.15, 0.2) is 0 Å². The third kappa shape index (κ3) is 4.32. The number of hydrogen-bond acceptors (Lipinski definition) is 4. The SMILES string of the molecule is CC(NC(=O)C(C)(C)c1ccc(Cl)c(Cl)c1)c1nc(-c2cccnc2)cs1. The van der Waals surface area contributed by atoms with Crippen LogP contribution in [-0.4, -0.2) is 15.9 Å². The number of carbonyl (C=O) groups excluding carboxylic acids is 1. The molecule has 7 heteroatoms. The van der Waals surface area contributed by atoms with Gasteiger partial charge in [-0.25, -0.2) is 4.98 Å². The van der Waals surface area contributed by atoms with E-state index in [9.17, 15) is 4.79 Å². The van der Waals surface area contributed by atoms with Crippen LogP contribution in [0.2, 0.25) is 10.0 Å². The van der Waals surface area contributed by atoms with Gasteiger partial charge in [0, 0.05) is 23.3 Å². The number of nitrogens with one attached hydrogen (secondary N) is 1. The zero-order valence-electron chi connectivity index (χ0n) is 15.2. The van der Waals surface area contributed by atoms with Crippen molar-refractivity contribution in [1.29, 1.82) is 0 Å². The fraction of sp³-hybridized carbons (Fsp3) is 0.250. The maximum atomic E-state index is 12.9. The zero-order chi connectivity index (χ0) is 19.6. The molecule has 0 aliphatic rings. The Morgan fingerprint density at radius 1 is 1.22 bits per heavy atom. The molecule has 1 atom stereocenters. The number of hydrogen-bond donors (Lipinski definition) is 1. The van der Waals surface area contributed by atoms with Gasteiger partial charge in [0.1, 0.15) is 5.01 Å². The molecule has 3 aromatic rings. The summed E-state index contributed by atoms with van der Waals surface area (Å²) in [6.07, 6.45) is 3.50. The fourth-order valence-corrected chi connectivity index (χ4v) is 3.72. The summed E-state index contributed by atoms with van der Waals surface area (Å²) in [6, 6.07) is 8.89. The molecule has 0 fully saturated rings. The summed E-state index contributed by atoms with van der Waals surface area (Å²) in [5.41, 5.74) is 1.85. The summed E-state index contributed by atoms with van der Waals surface area (Å²) in [5.74, 6) is -0.105. The van der Waals surface area contributed by atoms with Crippen molar-refractivity contribution in [1.82, 2.24) is 15.3 Å². The monoisotopic (exact) mass is 419 g/mol. The van der Waals surface area contributed by atoms with E-state index in [2.05, 4.69) is 15.3 Å². The number of rotatable bonds is 5. The van der Waals surface area contributed by atoms with E-state index in [1.165, 1.54) is 11.3 Å². The Bertz CT molecular complexity index is 957. The number of amides is 1. The topological polar surface area (TPSA) is 54.9 Å². The van der Waals surface area contributed by atoms with Gasteiger partial charge < -0.3 is 5.32 Å². The molecule has 2 heterocycles. The number of carbonyl (C=O) groups is 1. The van der Waals surface area contributed by atoms with Crippen LogP contribution in [0.5, 0.6) is 0 Å². The number of aromatic nitrogens is 2. The smallest absolute Gasteiger partial charge is 0.230 e. The first-order valence-corrected chi connectivity index (χ1v) is 10.0. The van der Waals surface area contributed by atoms with Crippen molar-refractivity contribution in [2.75, 3.05) is 0 Å². The van der Waals surface area contributed by atoms with E-state index in [0.29, 0.717) is 10.0 Å². The number of thiazole rings is 1. The van der Waals surface area contributed by atoms with Gasteiger partial charge in [-0.05, 0) is 50.6 Å². The van der Waals surface area contributed by atoms with E-state index >= 15 is 0 Å². The van der Waals surface area contributed by atoms with Crippen molar-refractivity contribution in [3.05, 3.63) is 68.7 Å². The molecule has 0 bridgehead atoms. The molecule has 0 saturated carbocycles. The van der Waals surface area contributed by atoms with Crippen molar-refractivity contribution in [3.8, 4) is 11.3 Å². The Balaban J connectivity index is 1.75. The minimum absolute atomic E-state index is 0.105. The first-order valence-electron chi connectivity index (χ1n) is 8.41. The summed E-state index contributed by atoms with van der Waals surface area (Å²) in [7, 11) is 0. The summed E-state index contributed by atoms with van der Waals surface area (Å²) in [6.45, 7) is 5.64. The standard InChI is InChI=1S/C20H19Cl2N3OS/c1-12(18-25-17(11-27-18)13-5-4-8-23-10-13)24-19(26)20(2,3)14-6-7-15(21)16(22)9-14/h4-12H,1-3H3,(H,24,26). The Kier molecular flexibility index (Phi) is 5.84. The van der Waals surface area contributed by atoms with E-state index in [0.717, 1.165) is 21.8 Å². The lowest BCUT2D eigenvalue weighted by Gasteiger charge is -2.26. The fourth-order valence-electron chi connectivity index (χ4n) is 2.59. The van der Waals surface area contributed by atoms with Crippen LogP contribution in [0.25, 0.3) is 11.3 Å². The first kappa shape index (κ1) is 19.8. The van der Waals surface area contributed by atoms with E-state index < -0.39 is 5.41 Å². The summed E-state index contributed by atoms with van der Waals surface area (Å²) >= 11 is 13.6. The van der Waals surface area contributed by atoms with Crippen LogP contribution in [0, 0.1) is 0 Å². The molecular formula is C20H19Cl2N3OS. The Morgan fingerprint density at radius 2 is 2.00 bits per heavy atom. The highest BCUT2D eigenvalue weighted by Crippen LogP contribution is 2.31. The van der Waals surface area contributed by atoms with Gasteiger partial charge in [0.2, 0.25) is 5.91 Å². The molecule has 3 rings (SSSR count). The minimum Gasteiger partial charge on any atom is -0.346 e. The Labute approximate surface area is 172 Å². The third-order valence-electron chi connectivity index (χ3n) is 4.41. The highest BCUT2D eigenvalue weighted by molar-refractivity contribution is 7.10. The van der Waals surface area contributed by atoms with Crippen LogP contribution in [0.4, 0.5) is 0 Å². The lowest BCUT2D eigenvalue weighted by atomic mass is 9.83. The van der Waals surface area contributed by atoms with Gasteiger partial charge >= 0.3 is 0 Å². The molecule has 4 nitrogen and oxygen atoms in total. The molecule has 0 aliphatic heterocycles. The Morgan fingerprint density at radius 3 is 2.67 bits per heavy atom. The number of pyridine rings is 1. The molecular weight excluding hydrogens is 401 g/mol. The minimum atomic E-state index is -0.758. The van der Waals surface area contributed by atoms with Crippen LogP contribution in [-0.2, 0) is 10.2 Å². The molecule has 27 heavy (non-hydrogen) atoms. The molecule has 0 aliphatic carbocycles. The normalized spacial score (nSPS) is 12.6. The van der Waals surface area contributed by atoms with Crippen molar-refractivity contribution < 1.29 is 4.79 Å². The van der Waals surface area contributed by atoms with Gasteiger partial charge in [-0.15, -0.1) is 11.3 Å². The maximum absolute atomic E-state index is 12.9. The van der Waals surface area contributed by atoms with Gasteiger partial charge in [0.25, 0.3) is 0 Å². The summed E-state index contributed by atoms with van der Waals surface area (Å²) in [4.78, 5) is 21.7. The van der Waals surface area contributed by atoms with Crippen molar-refractivity contribution >= 4 is 40.4 Å². The van der Waals surface area contributed by atoms with E-state index in [1.54, 1.807) is 24.5 Å². The summed E-state index contributed by atoms with van der Waals surface area (Å²) in [5, 5.41) is 6.77. The van der Waals surface area contributed by atoms with Crippen molar-refractivity contribution in [2.24, 2.45) is 0 Å². The molecule has 1 aromatic carbocycles. The lowest BCUT2D eigenvalue weighted by Crippen LogP contribution is -2.41. The number of nitrogens with zero attached hydrogens (tertiary/aromatic N) is 2. The van der Waals surface area contributed by atoms with E-state index in [1.807, 2.05) is 44.4 Å². The first-order chi connectivity index (χ1) is 12.8. The van der Waals surface area contributed by atoms with Crippen molar-refractivity contribution in [2.45, 2.75) is 32.2 Å². The van der Waals surface area contributed by atoms with Gasteiger partial charge in [0.05, 0.1) is 27.2 Å². The highest BCUT2D eigenvalue weighted by atomic mass is 35.5. The second-order valence-electron chi connectivity index (χ2n) is 6.76. The van der Waals surface area contributed by atoms with Crippen LogP contribution < -0.4 is 5.32 Å². The number of halogens is 2. The van der Waals surface area contributed by atoms with Gasteiger partial charge in [-0.1, -0.05) is 29.3 Å².